The minimum absolute atomic E-state index is 0.108. The molecular weight excluding hydrogens is 292 g/mol. The standard InChI is InChI=1S/C15H16N8/c16-6-12-8-23(7-11-4-2-1-3-5-11)14(18)13(12)15(22-19)21-10-20-9-17/h1-5,8-10H,7,18-19H2,(H2,17,20,21,22). The van der Waals surface area contributed by atoms with Crippen molar-refractivity contribution in [2.24, 2.45) is 26.7 Å². The number of amidine groups is 1. The minimum atomic E-state index is 0.108. The Morgan fingerprint density at radius 3 is 2.65 bits per heavy atom. The van der Waals surface area contributed by atoms with Gasteiger partial charge in [0.2, 0.25) is 0 Å². The Kier molecular flexibility index (Phi) is 5.09. The van der Waals surface area contributed by atoms with E-state index >= 15 is 0 Å². The molecule has 0 bridgehead atoms. The molecule has 0 atom stereocenters. The van der Waals surface area contributed by atoms with E-state index in [1.165, 1.54) is 6.34 Å². The summed E-state index contributed by atoms with van der Waals surface area (Å²) in [7, 11) is 0. The molecule has 0 aliphatic rings. The molecule has 0 saturated heterocycles. The molecule has 0 saturated carbocycles. The summed E-state index contributed by atoms with van der Waals surface area (Å²) in [5, 5.41) is 12.9. The van der Waals surface area contributed by atoms with Gasteiger partial charge in [0.25, 0.3) is 0 Å². The van der Waals surface area contributed by atoms with Crippen LogP contribution in [0.15, 0.2) is 51.6 Å². The number of hydrogen-bond donors (Lipinski definition) is 3. The number of aliphatic imine (C=N–C) groups is 2. The van der Waals surface area contributed by atoms with Crippen LogP contribution in [0.25, 0.3) is 0 Å². The van der Waals surface area contributed by atoms with E-state index in [4.69, 9.17) is 17.3 Å². The molecule has 6 N–H and O–H groups in total. The summed E-state index contributed by atoms with van der Waals surface area (Å²) in [4.78, 5) is 7.61. The van der Waals surface area contributed by atoms with Crippen molar-refractivity contribution in [1.82, 2.24) is 4.57 Å². The van der Waals surface area contributed by atoms with Crippen molar-refractivity contribution < 1.29 is 0 Å². The van der Waals surface area contributed by atoms with Crippen molar-refractivity contribution >= 4 is 24.3 Å². The molecule has 1 heterocycles. The van der Waals surface area contributed by atoms with Gasteiger partial charge in [0, 0.05) is 12.7 Å². The summed E-state index contributed by atoms with van der Waals surface area (Å²) >= 11 is 0. The highest BCUT2D eigenvalue weighted by Gasteiger charge is 2.18. The highest BCUT2D eigenvalue weighted by atomic mass is 15.2. The highest BCUT2D eigenvalue weighted by Crippen LogP contribution is 2.22. The lowest BCUT2D eigenvalue weighted by Gasteiger charge is -2.07. The van der Waals surface area contributed by atoms with Crippen molar-refractivity contribution in [3.05, 3.63) is 53.2 Å². The van der Waals surface area contributed by atoms with Crippen LogP contribution < -0.4 is 17.3 Å². The van der Waals surface area contributed by atoms with Gasteiger partial charge < -0.3 is 21.9 Å². The second-order valence-electron chi connectivity index (χ2n) is 4.52. The second-order valence-corrected chi connectivity index (χ2v) is 4.52. The van der Waals surface area contributed by atoms with Gasteiger partial charge in [-0.1, -0.05) is 30.3 Å². The Balaban J connectivity index is 2.43. The van der Waals surface area contributed by atoms with Gasteiger partial charge in [0.15, 0.2) is 5.84 Å². The van der Waals surface area contributed by atoms with Crippen LogP contribution in [-0.2, 0) is 6.54 Å². The molecule has 23 heavy (non-hydrogen) atoms. The fraction of sp³-hybridized carbons (Fsp3) is 0.0667. The van der Waals surface area contributed by atoms with Crippen LogP contribution in [0.5, 0.6) is 0 Å². The SMILES string of the molecule is N#Cc1cn(Cc2ccccc2)c(N)c1/C(N=CN=CN)=N\N. The molecule has 2 rings (SSSR count). The second kappa shape index (κ2) is 7.42. The normalized spacial score (nSPS) is 12.0. The molecule has 0 radical (unpaired) electrons. The third-order valence-electron chi connectivity index (χ3n) is 3.11. The monoisotopic (exact) mass is 308 g/mol. The Morgan fingerprint density at radius 1 is 1.30 bits per heavy atom. The summed E-state index contributed by atoms with van der Waals surface area (Å²) in [5.41, 5.74) is 13.0. The maximum Gasteiger partial charge on any atom is 0.185 e. The van der Waals surface area contributed by atoms with Crippen molar-refractivity contribution in [3.8, 4) is 6.07 Å². The number of rotatable bonds is 4. The van der Waals surface area contributed by atoms with Crippen LogP contribution in [0.4, 0.5) is 5.82 Å². The predicted octanol–water partition coefficient (Wildman–Crippen LogP) is 0.626. The topological polar surface area (TPSA) is 144 Å². The third-order valence-corrected chi connectivity index (χ3v) is 3.11. The van der Waals surface area contributed by atoms with E-state index in [9.17, 15) is 5.26 Å². The van der Waals surface area contributed by atoms with Gasteiger partial charge in [0.05, 0.1) is 17.5 Å². The number of aromatic nitrogens is 1. The molecule has 0 aliphatic carbocycles. The molecule has 0 fully saturated rings. The van der Waals surface area contributed by atoms with Gasteiger partial charge in [-0.05, 0) is 5.56 Å². The predicted molar refractivity (Wildman–Crippen MR) is 91.0 cm³/mol. The number of hydrazone groups is 1. The average Bonchev–Trinajstić information content (AvgIpc) is 2.89. The van der Waals surface area contributed by atoms with E-state index in [2.05, 4.69) is 21.2 Å². The molecule has 0 amide bonds. The lowest BCUT2D eigenvalue weighted by Crippen LogP contribution is -2.09. The molecule has 0 unspecified atom stereocenters. The van der Waals surface area contributed by atoms with Crippen molar-refractivity contribution in [3.63, 3.8) is 0 Å². The summed E-state index contributed by atoms with van der Waals surface area (Å²) < 4.78 is 1.75. The van der Waals surface area contributed by atoms with Gasteiger partial charge in [-0.3, -0.25) is 0 Å². The summed E-state index contributed by atoms with van der Waals surface area (Å²) in [6.07, 6.45) is 3.90. The quantitative estimate of drug-likeness (QED) is 0.329. The maximum atomic E-state index is 9.32. The van der Waals surface area contributed by atoms with E-state index in [1.807, 2.05) is 30.3 Å². The highest BCUT2D eigenvalue weighted by molar-refractivity contribution is 6.08. The van der Waals surface area contributed by atoms with E-state index in [1.54, 1.807) is 10.8 Å². The van der Waals surface area contributed by atoms with Crippen LogP contribution in [0, 0.1) is 11.3 Å². The number of nitriles is 1. The first-order chi connectivity index (χ1) is 11.2. The van der Waals surface area contributed by atoms with E-state index in [0.29, 0.717) is 23.5 Å². The number of nitrogen functional groups attached to an aromatic ring is 1. The van der Waals surface area contributed by atoms with Gasteiger partial charge >= 0.3 is 0 Å². The summed E-state index contributed by atoms with van der Waals surface area (Å²) in [6, 6.07) is 11.8. The molecular formula is C15H16N8. The fourth-order valence-corrected chi connectivity index (χ4v) is 2.09. The molecule has 2 aromatic rings. The Bertz CT molecular complexity index is 793. The first-order valence-electron chi connectivity index (χ1n) is 6.68. The lowest BCUT2D eigenvalue weighted by molar-refractivity contribution is 0.816. The molecule has 116 valence electrons. The first kappa shape index (κ1) is 15.8. The van der Waals surface area contributed by atoms with E-state index in [0.717, 1.165) is 11.9 Å². The number of nitrogens with two attached hydrogens (primary N) is 3. The zero-order valence-corrected chi connectivity index (χ0v) is 12.3. The van der Waals surface area contributed by atoms with Crippen LogP contribution in [-0.4, -0.2) is 23.1 Å². The van der Waals surface area contributed by atoms with Crippen molar-refractivity contribution in [1.29, 1.82) is 5.26 Å². The Labute approximate surface area is 133 Å². The molecule has 1 aromatic carbocycles. The van der Waals surface area contributed by atoms with Gasteiger partial charge in [0.1, 0.15) is 18.2 Å². The zero-order chi connectivity index (χ0) is 16.7. The summed E-state index contributed by atoms with van der Waals surface area (Å²) in [6.45, 7) is 0.518. The van der Waals surface area contributed by atoms with E-state index in [-0.39, 0.29) is 5.84 Å². The molecule has 8 nitrogen and oxygen atoms in total. The lowest BCUT2D eigenvalue weighted by atomic mass is 10.2. The van der Waals surface area contributed by atoms with Crippen LogP contribution in [0.2, 0.25) is 0 Å². The van der Waals surface area contributed by atoms with Gasteiger partial charge in [-0.15, -0.1) is 0 Å². The van der Waals surface area contributed by atoms with Gasteiger partial charge in [-0.25, -0.2) is 9.98 Å². The smallest absolute Gasteiger partial charge is 0.185 e. The van der Waals surface area contributed by atoms with Crippen LogP contribution in [0.3, 0.4) is 0 Å². The Hall–Kier alpha value is -3.60. The average molecular weight is 308 g/mol. The third kappa shape index (κ3) is 3.54. The number of nitrogens with zero attached hydrogens (tertiary/aromatic N) is 5. The number of hydrogen-bond acceptors (Lipinski definition) is 4. The fourth-order valence-electron chi connectivity index (χ4n) is 2.09. The maximum absolute atomic E-state index is 9.32. The first-order valence-corrected chi connectivity index (χ1v) is 6.68. The molecule has 0 spiro atoms. The van der Waals surface area contributed by atoms with Crippen molar-refractivity contribution in [2.75, 3.05) is 5.73 Å². The molecule has 0 aliphatic heterocycles. The van der Waals surface area contributed by atoms with Gasteiger partial charge in [-0.2, -0.15) is 10.4 Å². The zero-order valence-electron chi connectivity index (χ0n) is 12.3. The van der Waals surface area contributed by atoms with Crippen LogP contribution >= 0.6 is 0 Å². The van der Waals surface area contributed by atoms with E-state index < -0.39 is 0 Å². The Morgan fingerprint density at radius 2 is 2.04 bits per heavy atom. The molecule has 1 aromatic heterocycles. The largest absolute Gasteiger partial charge is 0.390 e. The van der Waals surface area contributed by atoms with Crippen molar-refractivity contribution in [2.45, 2.75) is 6.54 Å². The van der Waals surface area contributed by atoms with Crippen LogP contribution in [0.1, 0.15) is 16.7 Å². The number of benzene rings is 1. The minimum Gasteiger partial charge on any atom is -0.390 e. The molecule has 8 heteroatoms. The number of anilines is 1. The summed E-state index contributed by atoms with van der Waals surface area (Å²) in [5.74, 6) is 5.82.